The Morgan fingerprint density at radius 1 is 1.30 bits per heavy atom. The lowest BCUT2D eigenvalue weighted by molar-refractivity contribution is -0.790. The second-order valence-corrected chi connectivity index (χ2v) is 5.04. The van der Waals surface area contributed by atoms with Crippen LogP contribution in [-0.4, -0.2) is 47.7 Å². The molecule has 0 spiro atoms. The molecule has 1 aromatic rings. The van der Waals surface area contributed by atoms with Gasteiger partial charge in [-0.2, -0.15) is 0 Å². The first-order valence-corrected chi connectivity index (χ1v) is 7.62. The summed E-state index contributed by atoms with van der Waals surface area (Å²) in [6.45, 7) is -0.678. The summed E-state index contributed by atoms with van der Waals surface area (Å²) >= 11 is 0. The van der Waals surface area contributed by atoms with Gasteiger partial charge in [-0.25, -0.2) is 4.79 Å². The molecule has 0 amide bonds. The van der Waals surface area contributed by atoms with E-state index in [-0.39, 0.29) is 30.9 Å². The number of esters is 1. The molecule has 1 atom stereocenters. The van der Waals surface area contributed by atoms with Crippen molar-refractivity contribution in [2.75, 3.05) is 20.3 Å². The van der Waals surface area contributed by atoms with Gasteiger partial charge in [0, 0.05) is 6.08 Å². The number of carbonyl (C=O) groups excluding carboxylic acids is 1. The minimum absolute atomic E-state index is 0.0149. The number of phenolic OH excluding ortho intramolecular Hbond substituents is 1. The van der Waals surface area contributed by atoms with Gasteiger partial charge in [-0.3, -0.25) is 0 Å². The van der Waals surface area contributed by atoms with Crippen LogP contribution in [0.4, 0.5) is 0 Å². The van der Waals surface area contributed by atoms with E-state index in [9.17, 15) is 30.1 Å². The number of methoxy groups -OCH3 is 1. The van der Waals surface area contributed by atoms with Gasteiger partial charge < -0.3 is 24.3 Å². The predicted octanol–water partition coefficient (Wildman–Crippen LogP) is 1.52. The van der Waals surface area contributed by atoms with E-state index in [1.54, 1.807) is 6.07 Å². The fraction of sp³-hybridized carbons (Fsp3) is 0.400. The first-order chi connectivity index (χ1) is 12.8. The molecule has 0 saturated carbocycles. The third kappa shape index (κ3) is 8.90. The van der Waals surface area contributed by atoms with Crippen molar-refractivity contribution >= 4 is 12.0 Å². The minimum Gasteiger partial charge on any atom is -0.504 e. The zero-order chi connectivity index (χ0) is 20.2. The Bertz CT molecular complexity index is 691. The molecule has 0 heterocycles. The van der Waals surface area contributed by atoms with E-state index in [1.165, 1.54) is 25.3 Å². The molecule has 12 nitrogen and oxygen atoms in total. The van der Waals surface area contributed by atoms with E-state index in [0.29, 0.717) is 5.56 Å². The number of hydrogen-bond donors (Lipinski definition) is 1. The molecule has 1 rings (SSSR count). The van der Waals surface area contributed by atoms with Crippen molar-refractivity contribution in [3.8, 4) is 11.5 Å². The fourth-order valence-corrected chi connectivity index (χ4v) is 1.93. The highest BCUT2D eigenvalue weighted by atomic mass is 17.0. The van der Waals surface area contributed by atoms with Crippen LogP contribution in [0, 0.1) is 20.2 Å². The Morgan fingerprint density at radius 2 is 2.04 bits per heavy atom. The van der Waals surface area contributed by atoms with Crippen molar-refractivity contribution in [1.82, 2.24) is 0 Å². The first-order valence-electron chi connectivity index (χ1n) is 7.62. The van der Waals surface area contributed by atoms with Crippen molar-refractivity contribution in [1.29, 1.82) is 0 Å². The van der Waals surface area contributed by atoms with Crippen LogP contribution in [0.25, 0.3) is 6.08 Å². The Kier molecular flexibility index (Phi) is 8.85. The van der Waals surface area contributed by atoms with Crippen LogP contribution in [0.3, 0.4) is 0 Å². The quantitative estimate of drug-likeness (QED) is 0.183. The predicted molar refractivity (Wildman–Crippen MR) is 88.7 cm³/mol. The van der Waals surface area contributed by atoms with Gasteiger partial charge in [0.25, 0.3) is 10.2 Å². The van der Waals surface area contributed by atoms with Gasteiger partial charge in [-0.1, -0.05) is 6.07 Å². The minimum atomic E-state index is -1.15. The Hall–Kier alpha value is -3.57. The molecule has 12 heteroatoms. The van der Waals surface area contributed by atoms with Gasteiger partial charge >= 0.3 is 5.97 Å². The van der Waals surface area contributed by atoms with Gasteiger partial charge in [-0.15, -0.1) is 20.2 Å². The van der Waals surface area contributed by atoms with Gasteiger partial charge in [0.2, 0.25) is 0 Å². The molecule has 0 saturated heterocycles. The largest absolute Gasteiger partial charge is 0.504 e. The van der Waals surface area contributed by atoms with Crippen LogP contribution in [0.15, 0.2) is 24.3 Å². The van der Waals surface area contributed by atoms with Crippen molar-refractivity contribution < 1.29 is 39.2 Å². The zero-order valence-corrected chi connectivity index (χ0v) is 14.3. The van der Waals surface area contributed by atoms with E-state index in [1.807, 2.05) is 0 Å². The lowest BCUT2D eigenvalue weighted by atomic mass is 10.2. The van der Waals surface area contributed by atoms with E-state index in [4.69, 9.17) is 9.47 Å². The normalized spacial score (nSPS) is 11.6. The Balaban J connectivity index is 2.40. The van der Waals surface area contributed by atoms with Crippen LogP contribution >= 0.6 is 0 Å². The summed E-state index contributed by atoms with van der Waals surface area (Å²) in [5, 5.41) is 27.8. The Labute approximate surface area is 153 Å². The van der Waals surface area contributed by atoms with Crippen LogP contribution in [0.5, 0.6) is 11.5 Å². The van der Waals surface area contributed by atoms with Gasteiger partial charge in [0.1, 0.15) is 12.7 Å². The maximum Gasteiger partial charge on any atom is 0.330 e. The topological polar surface area (TPSA) is 160 Å². The summed E-state index contributed by atoms with van der Waals surface area (Å²) in [5.74, 6) is -0.445. The van der Waals surface area contributed by atoms with Crippen LogP contribution in [-0.2, 0) is 19.2 Å². The van der Waals surface area contributed by atoms with Crippen LogP contribution in [0.2, 0.25) is 0 Å². The van der Waals surface area contributed by atoms with Crippen molar-refractivity contribution in [3.63, 3.8) is 0 Å². The number of carbonyl (C=O) groups is 1. The SMILES string of the molecule is COc1cc(C=CC(=O)OCCCC(CO[N+](=O)[O-])O[N+](=O)[O-])ccc1O. The highest BCUT2D eigenvalue weighted by Crippen LogP contribution is 2.26. The van der Waals surface area contributed by atoms with E-state index < -0.39 is 28.9 Å². The third-order valence-corrected chi connectivity index (χ3v) is 3.13. The molecule has 0 aromatic heterocycles. The van der Waals surface area contributed by atoms with E-state index in [0.717, 1.165) is 6.08 Å². The van der Waals surface area contributed by atoms with Crippen molar-refractivity contribution in [2.24, 2.45) is 0 Å². The number of aromatic hydroxyl groups is 1. The maximum absolute atomic E-state index is 11.6. The molecule has 148 valence electrons. The summed E-state index contributed by atoms with van der Waals surface area (Å²) < 4.78 is 9.86. The standard InChI is InChI=1S/C15H18N2O10/c1-24-14-9-11(4-6-13(14)18)5-7-15(19)25-8-2-3-12(27-17(22)23)10-26-16(20)21/h4-7,9,12,18H,2-3,8,10H2,1H3. The fourth-order valence-electron chi connectivity index (χ4n) is 1.93. The summed E-state index contributed by atoms with van der Waals surface area (Å²) in [6, 6.07) is 4.50. The summed E-state index contributed by atoms with van der Waals surface area (Å²) in [4.78, 5) is 40.4. The molecule has 0 fully saturated rings. The average Bonchev–Trinajstić information content (AvgIpc) is 2.61. The Morgan fingerprint density at radius 3 is 2.67 bits per heavy atom. The molecule has 27 heavy (non-hydrogen) atoms. The monoisotopic (exact) mass is 386 g/mol. The van der Waals surface area contributed by atoms with Gasteiger partial charge in [-0.05, 0) is 36.6 Å². The molecule has 1 aromatic carbocycles. The third-order valence-electron chi connectivity index (χ3n) is 3.13. The first kappa shape index (κ1) is 21.5. The number of rotatable bonds is 12. The molecule has 0 aliphatic carbocycles. The van der Waals surface area contributed by atoms with Crippen molar-refractivity contribution in [2.45, 2.75) is 18.9 Å². The summed E-state index contributed by atoms with van der Waals surface area (Å²) in [5.41, 5.74) is 0.595. The highest BCUT2D eigenvalue weighted by molar-refractivity contribution is 5.87. The molecular formula is C15H18N2O10. The highest BCUT2D eigenvalue weighted by Gasteiger charge is 2.15. The zero-order valence-electron chi connectivity index (χ0n) is 14.3. The molecule has 0 bridgehead atoms. The van der Waals surface area contributed by atoms with Crippen LogP contribution in [0.1, 0.15) is 18.4 Å². The lowest BCUT2D eigenvalue weighted by Gasteiger charge is -2.13. The molecule has 0 radical (unpaired) electrons. The van der Waals surface area contributed by atoms with E-state index >= 15 is 0 Å². The van der Waals surface area contributed by atoms with Gasteiger partial charge in [0.15, 0.2) is 11.5 Å². The molecule has 0 aliphatic rings. The number of benzene rings is 1. The van der Waals surface area contributed by atoms with Gasteiger partial charge in [0.05, 0.1) is 13.7 Å². The number of ether oxygens (including phenoxy) is 2. The number of hydrogen-bond acceptors (Lipinski definition) is 10. The molecule has 0 aliphatic heterocycles. The van der Waals surface area contributed by atoms with E-state index in [2.05, 4.69) is 9.68 Å². The second-order valence-electron chi connectivity index (χ2n) is 5.04. The maximum atomic E-state index is 11.6. The number of nitrogens with zero attached hydrogens (tertiary/aromatic N) is 2. The summed E-state index contributed by atoms with van der Waals surface area (Å²) in [6.07, 6.45) is 1.65. The second kappa shape index (κ2) is 11.1. The molecule has 1 unspecified atom stereocenters. The smallest absolute Gasteiger partial charge is 0.330 e. The number of phenols is 1. The lowest BCUT2D eigenvalue weighted by Crippen LogP contribution is -2.25. The van der Waals surface area contributed by atoms with Crippen LogP contribution < -0.4 is 4.74 Å². The van der Waals surface area contributed by atoms with Crippen molar-refractivity contribution in [3.05, 3.63) is 50.1 Å². The summed E-state index contributed by atoms with van der Waals surface area (Å²) in [7, 11) is 1.39. The molecule has 1 N–H and O–H groups in total. The average molecular weight is 386 g/mol. The molecular weight excluding hydrogens is 368 g/mol.